The van der Waals surface area contributed by atoms with Gasteiger partial charge in [0.2, 0.25) is 0 Å². The number of alkyl halides is 2. The molecule has 0 atom stereocenters. The van der Waals surface area contributed by atoms with E-state index >= 15 is 0 Å². The summed E-state index contributed by atoms with van der Waals surface area (Å²) in [6, 6.07) is 0.899. The van der Waals surface area contributed by atoms with E-state index in [1.54, 1.807) is 0 Å². The van der Waals surface area contributed by atoms with E-state index in [4.69, 9.17) is 11.6 Å². The fourth-order valence-corrected chi connectivity index (χ4v) is 1.07. The number of pyridine rings is 1. The van der Waals surface area contributed by atoms with E-state index in [-0.39, 0.29) is 11.3 Å². The van der Waals surface area contributed by atoms with Crippen LogP contribution < -0.4 is 5.43 Å². The van der Waals surface area contributed by atoms with Gasteiger partial charge in [0.25, 0.3) is 11.7 Å². The highest BCUT2D eigenvalue weighted by molar-refractivity contribution is 6.67. The molecule has 0 aliphatic rings. The van der Waals surface area contributed by atoms with E-state index in [1.165, 1.54) is 6.92 Å². The summed E-state index contributed by atoms with van der Waals surface area (Å²) in [4.78, 5) is 23.9. The first-order valence-electron chi connectivity index (χ1n) is 3.65. The van der Waals surface area contributed by atoms with Gasteiger partial charge in [0.15, 0.2) is 5.43 Å². The normalized spacial score (nSPS) is 10.6. The smallest absolute Gasteiger partial charge is 0.278 e. The number of aromatic amines is 1. The molecular formula is C8H6ClF2NO2. The minimum Gasteiger partial charge on any atom is -0.350 e. The van der Waals surface area contributed by atoms with Crippen molar-refractivity contribution in [3.63, 3.8) is 0 Å². The molecule has 1 N–H and O–H groups in total. The number of H-pyrrole nitrogens is 1. The molecule has 0 spiro atoms. The zero-order valence-corrected chi connectivity index (χ0v) is 7.86. The summed E-state index contributed by atoms with van der Waals surface area (Å²) in [5, 5.41) is -0.969. The molecule has 1 heterocycles. The molecule has 0 bridgehead atoms. The van der Waals surface area contributed by atoms with Crippen LogP contribution in [0, 0.1) is 6.92 Å². The highest BCUT2D eigenvalue weighted by Crippen LogP contribution is 2.18. The van der Waals surface area contributed by atoms with Crippen LogP contribution in [0.4, 0.5) is 8.78 Å². The van der Waals surface area contributed by atoms with Gasteiger partial charge in [0, 0.05) is 11.6 Å². The van der Waals surface area contributed by atoms with Crippen LogP contribution >= 0.6 is 11.6 Å². The first-order valence-corrected chi connectivity index (χ1v) is 4.03. The van der Waals surface area contributed by atoms with Gasteiger partial charge in [-0.1, -0.05) is 0 Å². The summed E-state index contributed by atoms with van der Waals surface area (Å²) in [5.74, 6) is 0. The third-order valence-electron chi connectivity index (χ3n) is 1.75. The van der Waals surface area contributed by atoms with Gasteiger partial charge in [-0.2, -0.15) is 0 Å². The zero-order valence-electron chi connectivity index (χ0n) is 7.11. The Hall–Kier alpha value is -1.23. The molecule has 76 valence electrons. The average molecular weight is 222 g/mol. The van der Waals surface area contributed by atoms with E-state index in [9.17, 15) is 18.4 Å². The second kappa shape index (κ2) is 3.88. The number of nitrogens with one attached hydrogen (secondary N) is 1. The molecule has 1 aromatic rings. The van der Waals surface area contributed by atoms with E-state index in [0.29, 0.717) is 0 Å². The Morgan fingerprint density at radius 1 is 1.57 bits per heavy atom. The lowest BCUT2D eigenvalue weighted by Crippen LogP contribution is -2.14. The Morgan fingerprint density at radius 2 is 2.14 bits per heavy atom. The molecule has 0 unspecified atom stereocenters. The van der Waals surface area contributed by atoms with Crippen molar-refractivity contribution < 1.29 is 13.6 Å². The van der Waals surface area contributed by atoms with Crippen LogP contribution in [0.5, 0.6) is 0 Å². The molecular weight excluding hydrogens is 216 g/mol. The van der Waals surface area contributed by atoms with Crippen molar-refractivity contribution in [2.75, 3.05) is 0 Å². The molecule has 6 heteroatoms. The molecule has 3 nitrogen and oxygen atoms in total. The van der Waals surface area contributed by atoms with Gasteiger partial charge in [0.05, 0.1) is 5.69 Å². The number of hydrogen-bond donors (Lipinski definition) is 1. The maximum Gasteiger partial charge on any atom is 0.278 e. The van der Waals surface area contributed by atoms with Crippen LogP contribution in [0.3, 0.4) is 0 Å². The summed E-state index contributed by atoms with van der Waals surface area (Å²) in [6.07, 6.45) is -2.83. The first-order chi connectivity index (χ1) is 6.43. The number of halogens is 3. The maximum absolute atomic E-state index is 12.3. The van der Waals surface area contributed by atoms with E-state index in [0.717, 1.165) is 6.07 Å². The van der Waals surface area contributed by atoms with Gasteiger partial charge >= 0.3 is 0 Å². The number of rotatable bonds is 2. The Balaban J connectivity index is 3.43. The van der Waals surface area contributed by atoms with Crippen molar-refractivity contribution >= 4 is 16.8 Å². The Labute approximate surface area is 82.7 Å². The van der Waals surface area contributed by atoms with E-state index < -0.39 is 22.8 Å². The SMILES string of the molecule is Cc1c(C(F)F)[nH]c(C(=O)Cl)cc1=O. The second-order valence-corrected chi connectivity index (χ2v) is 3.00. The summed E-state index contributed by atoms with van der Waals surface area (Å²) >= 11 is 5.05. The van der Waals surface area contributed by atoms with Crippen molar-refractivity contribution in [3.05, 3.63) is 33.2 Å². The molecule has 1 rings (SSSR count). The Bertz CT molecular complexity index is 428. The molecule has 0 aromatic carbocycles. The summed E-state index contributed by atoms with van der Waals surface area (Å²) in [5.41, 5.74) is -1.64. The fraction of sp³-hybridized carbons (Fsp3) is 0.250. The molecule has 0 amide bonds. The van der Waals surface area contributed by atoms with E-state index in [1.807, 2.05) is 0 Å². The lowest BCUT2D eigenvalue weighted by molar-refractivity contribution is 0.107. The van der Waals surface area contributed by atoms with Crippen molar-refractivity contribution in [2.45, 2.75) is 13.3 Å². The van der Waals surface area contributed by atoms with Gasteiger partial charge in [-0.15, -0.1) is 0 Å². The maximum atomic E-state index is 12.3. The van der Waals surface area contributed by atoms with Crippen molar-refractivity contribution in [1.29, 1.82) is 0 Å². The van der Waals surface area contributed by atoms with Crippen molar-refractivity contribution in [2.24, 2.45) is 0 Å². The largest absolute Gasteiger partial charge is 0.350 e. The van der Waals surface area contributed by atoms with Gasteiger partial charge < -0.3 is 4.98 Å². The average Bonchev–Trinajstić information content (AvgIpc) is 2.08. The van der Waals surface area contributed by atoms with Gasteiger partial charge in [-0.3, -0.25) is 9.59 Å². The highest BCUT2D eigenvalue weighted by Gasteiger charge is 2.16. The third kappa shape index (κ3) is 1.98. The van der Waals surface area contributed by atoms with Gasteiger partial charge in [0.1, 0.15) is 5.69 Å². The predicted octanol–water partition coefficient (Wildman–Crippen LogP) is 2.00. The van der Waals surface area contributed by atoms with Crippen LogP contribution in [0.15, 0.2) is 10.9 Å². The van der Waals surface area contributed by atoms with Crippen LogP contribution in [-0.4, -0.2) is 10.2 Å². The fourth-order valence-electron chi connectivity index (χ4n) is 0.971. The van der Waals surface area contributed by atoms with Crippen LogP contribution in [-0.2, 0) is 0 Å². The molecule has 14 heavy (non-hydrogen) atoms. The summed E-state index contributed by atoms with van der Waals surface area (Å²) in [6.45, 7) is 1.25. The standard InChI is InChI=1S/C8H6ClF2NO2/c1-3-5(13)2-4(7(9)14)12-6(3)8(10)11/h2,8H,1H3,(H,12,13). The minimum absolute atomic E-state index is 0.110. The lowest BCUT2D eigenvalue weighted by atomic mass is 10.2. The molecule has 0 radical (unpaired) electrons. The monoisotopic (exact) mass is 221 g/mol. The molecule has 0 aliphatic heterocycles. The molecule has 0 saturated heterocycles. The molecule has 0 aliphatic carbocycles. The number of carbonyl (C=O) groups excluding carboxylic acids is 1. The van der Waals surface area contributed by atoms with Crippen LogP contribution in [0.25, 0.3) is 0 Å². The first kappa shape index (κ1) is 10.8. The minimum atomic E-state index is -2.83. The number of hydrogen-bond acceptors (Lipinski definition) is 2. The van der Waals surface area contributed by atoms with Crippen LogP contribution in [0.1, 0.15) is 28.2 Å². The van der Waals surface area contributed by atoms with Gasteiger partial charge in [-0.25, -0.2) is 8.78 Å². The Morgan fingerprint density at radius 3 is 2.57 bits per heavy atom. The van der Waals surface area contributed by atoms with Crippen LogP contribution in [0.2, 0.25) is 0 Å². The van der Waals surface area contributed by atoms with Crippen molar-refractivity contribution in [1.82, 2.24) is 4.98 Å². The number of aromatic nitrogens is 1. The second-order valence-electron chi connectivity index (χ2n) is 2.66. The quantitative estimate of drug-likeness (QED) is 0.777. The topological polar surface area (TPSA) is 49.9 Å². The molecule has 0 fully saturated rings. The Kier molecular flexibility index (Phi) is 3.00. The zero-order chi connectivity index (χ0) is 10.9. The van der Waals surface area contributed by atoms with E-state index in [2.05, 4.69) is 4.98 Å². The lowest BCUT2D eigenvalue weighted by Gasteiger charge is -2.05. The summed E-state index contributed by atoms with van der Waals surface area (Å²) < 4.78 is 24.7. The van der Waals surface area contributed by atoms with Gasteiger partial charge in [-0.05, 0) is 18.5 Å². The highest BCUT2D eigenvalue weighted by atomic mass is 35.5. The number of carbonyl (C=O) groups is 1. The molecule has 0 saturated carbocycles. The predicted molar refractivity (Wildman–Crippen MR) is 46.9 cm³/mol. The van der Waals surface area contributed by atoms with Crippen molar-refractivity contribution in [3.8, 4) is 0 Å². The molecule has 1 aromatic heterocycles. The summed E-state index contributed by atoms with van der Waals surface area (Å²) in [7, 11) is 0. The third-order valence-corrected chi connectivity index (χ3v) is 1.95.